The summed E-state index contributed by atoms with van der Waals surface area (Å²) in [5.74, 6) is -0.794. The average molecular weight is 419 g/mol. The minimum absolute atomic E-state index is 0.102. The number of benzene rings is 2. The van der Waals surface area contributed by atoms with Gasteiger partial charge in [-0.25, -0.2) is 8.42 Å². The molecule has 0 saturated heterocycles. The lowest BCUT2D eigenvalue weighted by atomic mass is 10.2. The van der Waals surface area contributed by atoms with Crippen molar-refractivity contribution in [1.82, 2.24) is 0 Å². The minimum atomic E-state index is -3.66. The van der Waals surface area contributed by atoms with Crippen molar-refractivity contribution in [2.24, 2.45) is 0 Å². The zero-order chi connectivity index (χ0) is 20.3. The summed E-state index contributed by atoms with van der Waals surface area (Å²) in [6.45, 7) is 3.83. The van der Waals surface area contributed by atoms with Crippen molar-refractivity contribution < 1.29 is 18.0 Å². The predicted octanol–water partition coefficient (Wildman–Crippen LogP) is 3.62. The molecule has 1 aliphatic heterocycles. The van der Waals surface area contributed by atoms with Gasteiger partial charge in [0.1, 0.15) is 0 Å². The van der Waals surface area contributed by atoms with Gasteiger partial charge in [0.2, 0.25) is 11.8 Å². The number of rotatable bonds is 5. The van der Waals surface area contributed by atoms with E-state index in [0.29, 0.717) is 17.8 Å². The van der Waals surface area contributed by atoms with Gasteiger partial charge < -0.3 is 10.6 Å². The van der Waals surface area contributed by atoms with Crippen LogP contribution in [-0.4, -0.2) is 31.2 Å². The average Bonchev–Trinajstić information content (AvgIpc) is 2.77. The quantitative estimate of drug-likeness (QED) is 0.774. The molecule has 0 aromatic heterocycles. The van der Waals surface area contributed by atoms with Crippen LogP contribution < -0.4 is 10.6 Å². The number of carbonyl (C=O) groups excluding carboxylic acids is 2. The summed E-state index contributed by atoms with van der Waals surface area (Å²) in [4.78, 5) is 25.0. The first kappa shape index (κ1) is 20.4. The van der Waals surface area contributed by atoms with Gasteiger partial charge in [-0.15, -0.1) is 11.8 Å². The highest BCUT2D eigenvalue weighted by Crippen LogP contribution is 2.36. The fourth-order valence-corrected chi connectivity index (χ4v) is 5.21. The highest BCUT2D eigenvalue weighted by molar-refractivity contribution is 8.00. The number of anilines is 2. The summed E-state index contributed by atoms with van der Waals surface area (Å²) < 4.78 is 25.3. The Morgan fingerprint density at radius 2 is 2.00 bits per heavy atom. The number of carbonyl (C=O) groups is 2. The Morgan fingerprint density at radius 1 is 1.25 bits per heavy atom. The Labute approximate surface area is 169 Å². The van der Waals surface area contributed by atoms with Crippen molar-refractivity contribution in [2.45, 2.75) is 41.7 Å². The number of fused-ring (bicyclic) bond motifs is 1. The fourth-order valence-electron chi connectivity index (χ4n) is 2.89. The first-order valence-electron chi connectivity index (χ1n) is 8.93. The minimum Gasteiger partial charge on any atom is -0.326 e. The van der Waals surface area contributed by atoms with E-state index in [9.17, 15) is 18.0 Å². The monoisotopic (exact) mass is 418 g/mol. The van der Waals surface area contributed by atoms with Crippen molar-refractivity contribution in [3.05, 3.63) is 48.0 Å². The molecule has 6 nitrogen and oxygen atoms in total. The molecular weight excluding hydrogens is 396 g/mol. The maximum absolute atomic E-state index is 12.7. The molecule has 2 amide bonds. The van der Waals surface area contributed by atoms with Gasteiger partial charge in [-0.05, 0) is 36.8 Å². The molecule has 0 saturated carbocycles. The van der Waals surface area contributed by atoms with Crippen LogP contribution in [0.4, 0.5) is 11.4 Å². The summed E-state index contributed by atoms with van der Waals surface area (Å²) in [7, 11) is -3.66. The molecule has 2 N–H and O–H groups in total. The first-order chi connectivity index (χ1) is 13.2. The smallest absolute Gasteiger partial charge is 0.225 e. The molecule has 2 aromatic carbocycles. The molecule has 0 unspecified atom stereocenters. The molecule has 8 heteroatoms. The third-order valence-electron chi connectivity index (χ3n) is 4.40. The van der Waals surface area contributed by atoms with Crippen molar-refractivity contribution in [1.29, 1.82) is 0 Å². The van der Waals surface area contributed by atoms with Crippen LogP contribution >= 0.6 is 11.8 Å². The van der Waals surface area contributed by atoms with Crippen LogP contribution in [0.5, 0.6) is 0 Å². The molecule has 0 fully saturated rings. The second-order valence-corrected chi connectivity index (χ2v) is 10.4. The van der Waals surface area contributed by atoms with Crippen LogP contribution in [0.1, 0.15) is 25.3 Å². The Hall–Kier alpha value is -2.32. The van der Waals surface area contributed by atoms with E-state index in [0.717, 1.165) is 10.5 Å². The van der Waals surface area contributed by atoms with Crippen LogP contribution in [0.3, 0.4) is 0 Å². The maximum atomic E-state index is 12.7. The molecular formula is C20H22N2O4S2. The zero-order valence-corrected chi connectivity index (χ0v) is 17.3. The van der Waals surface area contributed by atoms with Crippen molar-refractivity contribution in [3.63, 3.8) is 0 Å². The molecule has 148 valence electrons. The predicted molar refractivity (Wildman–Crippen MR) is 111 cm³/mol. The summed E-state index contributed by atoms with van der Waals surface area (Å²) in [5, 5.41) is 5.62. The molecule has 0 spiro atoms. The number of hydrogen-bond acceptors (Lipinski definition) is 5. The molecule has 1 aliphatic rings. The van der Waals surface area contributed by atoms with Crippen molar-refractivity contribution >= 4 is 44.8 Å². The molecule has 0 radical (unpaired) electrons. The number of aryl methyl sites for hydroxylation is 1. The van der Waals surface area contributed by atoms with Gasteiger partial charge in [-0.3, -0.25) is 9.59 Å². The number of sulfone groups is 1. The lowest BCUT2D eigenvalue weighted by Crippen LogP contribution is -2.18. The summed E-state index contributed by atoms with van der Waals surface area (Å²) >= 11 is 1.53. The number of nitrogens with one attached hydrogen (secondary N) is 2. The molecule has 3 rings (SSSR count). The zero-order valence-electron chi connectivity index (χ0n) is 15.7. The molecule has 2 aromatic rings. The topological polar surface area (TPSA) is 92.3 Å². The first-order valence-corrected chi connectivity index (χ1v) is 11.5. The summed E-state index contributed by atoms with van der Waals surface area (Å²) in [6.07, 6.45) is 0.229. The third-order valence-corrected chi connectivity index (χ3v) is 7.29. The second-order valence-electron chi connectivity index (χ2n) is 6.77. The normalized spacial score (nSPS) is 16.6. The third kappa shape index (κ3) is 4.94. The van der Waals surface area contributed by atoms with E-state index in [-0.39, 0.29) is 34.1 Å². The van der Waals surface area contributed by atoms with Gasteiger partial charge in [0.05, 0.1) is 16.3 Å². The Bertz CT molecular complexity index is 1020. The lowest BCUT2D eigenvalue weighted by Gasteiger charge is -2.11. The van der Waals surface area contributed by atoms with E-state index < -0.39 is 9.84 Å². The highest BCUT2D eigenvalue weighted by Gasteiger charge is 2.23. The van der Waals surface area contributed by atoms with E-state index in [4.69, 9.17) is 0 Å². The Kier molecular flexibility index (Phi) is 6.10. The van der Waals surface area contributed by atoms with Crippen LogP contribution in [0.25, 0.3) is 0 Å². The number of amides is 2. The van der Waals surface area contributed by atoms with Crippen LogP contribution in [-0.2, 0) is 19.4 Å². The molecule has 1 heterocycles. The van der Waals surface area contributed by atoms with Gasteiger partial charge in [0.15, 0.2) is 9.84 Å². The molecule has 28 heavy (non-hydrogen) atoms. The summed E-state index contributed by atoms with van der Waals surface area (Å²) in [5.41, 5.74) is 2.08. The van der Waals surface area contributed by atoms with Crippen LogP contribution in [0.2, 0.25) is 0 Å². The molecule has 0 aliphatic carbocycles. The highest BCUT2D eigenvalue weighted by atomic mass is 32.2. The van der Waals surface area contributed by atoms with Gasteiger partial charge in [-0.2, -0.15) is 0 Å². The largest absolute Gasteiger partial charge is 0.326 e. The maximum Gasteiger partial charge on any atom is 0.225 e. The molecule has 1 atom stereocenters. The van der Waals surface area contributed by atoms with E-state index in [1.54, 1.807) is 12.1 Å². The Morgan fingerprint density at radius 3 is 2.75 bits per heavy atom. The SMILES string of the molecule is Cc1ccccc1NC(=O)CCS(=O)(=O)c1ccc2c(c1)NC(=O)C[C@@H](C)S2. The van der Waals surface area contributed by atoms with Gasteiger partial charge in [0, 0.05) is 28.7 Å². The van der Waals surface area contributed by atoms with E-state index >= 15 is 0 Å². The van der Waals surface area contributed by atoms with Crippen molar-refractivity contribution in [2.75, 3.05) is 16.4 Å². The van der Waals surface area contributed by atoms with Gasteiger partial charge in [-0.1, -0.05) is 25.1 Å². The fraction of sp³-hybridized carbons (Fsp3) is 0.300. The summed E-state index contributed by atoms with van der Waals surface area (Å²) in [6, 6.07) is 12.0. The number of para-hydroxylation sites is 1. The van der Waals surface area contributed by atoms with Crippen LogP contribution in [0.15, 0.2) is 52.3 Å². The lowest BCUT2D eigenvalue weighted by molar-refractivity contribution is -0.116. The molecule has 0 bridgehead atoms. The van der Waals surface area contributed by atoms with E-state index in [1.165, 1.54) is 23.9 Å². The number of thioether (sulfide) groups is 1. The van der Waals surface area contributed by atoms with E-state index in [1.807, 2.05) is 32.0 Å². The second kappa shape index (κ2) is 8.36. The van der Waals surface area contributed by atoms with Gasteiger partial charge in [0.25, 0.3) is 0 Å². The van der Waals surface area contributed by atoms with Crippen LogP contribution in [0, 0.1) is 6.92 Å². The van der Waals surface area contributed by atoms with Gasteiger partial charge >= 0.3 is 0 Å². The Balaban J connectivity index is 1.70. The van der Waals surface area contributed by atoms with E-state index in [2.05, 4.69) is 10.6 Å². The van der Waals surface area contributed by atoms with Crippen molar-refractivity contribution in [3.8, 4) is 0 Å². The standard InChI is InChI=1S/C20H22N2O4S2/c1-13-5-3-4-6-16(13)21-19(23)9-10-28(25,26)15-7-8-18-17(12-15)22-20(24)11-14(2)27-18/h3-8,12,14H,9-11H2,1-2H3,(H,21,23)(H,22,24)/t14-/m1/s1. The number of hydrogen-bond donors (Lipinski definition) is 2.